The molecule has 1 heterocycles. The zero-order valence-electron chi connectivity index (χ0n) is 15.7. The van der Waals surface area contributed by atoms with Gasteiger partial charge in [0.05, 0.1) is 24.4 Å². The Morgan fingerprint density at radius 2 is 1.71 bits per heavy atom. The Balaban J connectivity index is 1.76. The van der Waals surface area contributed by atoms with Crippen molar-refractivity contribution in [3.63, 3.8) is 0 Å². The van der Waals surface area contributed by atoms with Gasteiger partial charge in [-0.1, -0.05) is 42.5 Å². The van der Waals surface area contributed by atoms with Crippen LogP contribution in [0, 0.1) is 0 Å². The molecule has 1 amide bonds. The fourth-order valence-corrected chi connectivity index (χ4v) is 2.76. The second-order valence-corrected chi connectivity index (χ2v) is 6.20. The fourth-order valence-electron chi connectivity index (χ4n) is 2.76. The number of methoxy groups -OCH3 is 1. The summed E-state index contributed by atoms with van der Waals surface area (Å²) in [4.78, 5) is 28.7. The van der Waals surface area contributed by atoms with Crippen molar-refractivity contribution in [1.82, 2.24) is 10.3 Å². The highest BCUT2D eigenvalue weighted by Gasteiger charge is 2.14. The number of para-hydroxylation sites is 1. The number of anilines is 2. The van der Waals surface area contributed by atoms with E-state index in [1.807, 2.05) is 43.3 Å². The molecule has 2 aromatic carbocycles. The molecule has 142 valence electrons. The number of carbonyl (C=O) groups is 2. The highest BCUT2D eigenvalue weighted by Crippen LogP contribution is 2.22. The zero-order valence-corrected chi connectivity index (χ0v) is 15.7. The van der Waals surface area contributed by atoms with Crippen LogP contribution in [-0.4, -0.2) is 24.0 Å². The van der Waals surface area contributed by atoms with E-state index in [4.69, 9.17) is 4.74 Å². The Morgan fingerprint density at radius 3 is 2.46 bits per heavy atom. The van der Waals surface area contributed by atoms with Crippen molar-refractivity contribution < 1.29 is 14.3 Å². The van der Waals surface area contributed by atoms with Gasteiger partial charge in [0, 0.05) is 11.9 Å². The van der Waals surface area contributed by atoms with Gasteiger partial charge in [-0.2, -0.15) is 0 Å². The van der Waals surface area contributed by atoms with Crippen molar-refractivity contribution in [3.8, 4) is 0 Å². The number of ether oxygens (including phenoxy) is 1. The van der Waals surface area contributed by atoms with E-state index in [1.165, 1.54) is 7.11 Å². The summed E-state index contributed by atoms with van der Waals surface area (Å²) in [6.45, 7) is 1.92. The molecule has 0 aliphatic rings. The maximum atomic E-state index is 12.6. The molecule has 1 atom stereocenters. The molecule has 0 bridgehead atoms. The third-order valence-electron chi connectivity index (χ3n) is 4.25. The van der Waals surface area contributed by atoms with Gasteiger partial charge < -0.3 is 15.4 Å². The Hall–Kier alpha value is -3.67. The third kappa shape index (κ3) is 4.54. The smallest absolute Gasteiger partial charge is 0.339 e. The summed E-state index contributed by atoms with van der Waals surface area (Å²) in [7, 11) is 1.34. The van der Waals surface area contributed by atoms with Crippen LogP contribution in [0.4, 0.5) is 11.4 Å². The van der Waals surface area contributed by atoms with Gasteiger partial charge in [0.1, 0.15) is 5.69 Å². The highest BCUT2D eigenvalue weighted by atomic mass is 16.5. The Bertz CT molecular complexity index is 974. The molecule has 2 N–H and O–H groups in total. The van der Waals surface area contributed by atoms with Crippen molar-refractivity contribution in [3.05, 3.63) is 89.7 Å². The van der Waals surface area contributed by atoms with Gasteiger partial charge in [0.15, 0.2) is 0 Å². The first-order chi connectivity index (χ1) is 13.6. The first-order valence-electron chi connectivity index (χ1n) is 8.84. The highest BCUT2D eigenvalue weighted by molar-refractivity contribution is 5.97. The van der Waals surface area contributed by atoms with Crippen molar-refractivity contribution in [2.45, 2.75) is 13.0 Å². The molecule has 0 aliphatic heterocycles. The fraction of sp³-hybridized carbons (Fsp3) is 0.136. The average Bonchev–Trinajstić information content (AvgIpc) is 2.74. The van der Waals surface area contributed by atoms with Gasteiger partial charge in [0.2, 0.25) is 0 Å². The molecule has 3 rings (SSSR count). The summed E-state index contributed by atoms with van der Waals surface area (Å²) < 4.78 is 4.81. The average molecular weight is 375 g/mol. The van der Waals surface area contributed by atoms with Crippen LogP contribution in [0.5, 0.6) is 0 Å². The molecule has 3 aromatic rings. The van der Waals surface area contributed by atoms with Crippen molar-refractivity contribution in [2.75, 3.05) is 12.4 Å². The van der Waals surface area contributed by atoms with Gasteiger partial charge in [-0.25, -0.2) is 4.79 Å². The lowest BCUT2D eigenvalue weighted by atomic mass is 10.1. The van der Waals surface area contributed by atoms with E-state index in [9.17, 15) is 9.59 Å². The normalized spacial score (nSPS) is 11.4. The van der Waals surface area contributed by atoms with Crippen LogP contribution in [0.25, 0.3) is 0 Å². The van der Waals surface area contributed by atoms with Crippen LogP contribution in [0.1, 0.15) is 39.4 Å². The van der Waals surface area contributed by atoms with E-state index >= 15 is 0 Å². The maximum Gasteiger partial charge on any atom is 0.339 e. The lowest BCUT2D eigenvalue weighted by Gasteiger charge is -2.15. The molecule has 0 aliphatic carbocycles. The number of esters is 1. The minimum absolute atomic E-state index is 0.146. The van der Waals surface area contributed by atoms with E-state index in [0.29, 0.717) is 16.9 Å². The van der Waals surface area contributed by atoms with Crippen LogP contribution in [0.2, 0.25) is 0 Å². The molecule has 28 heavy (non-hydrogen) atoms. The topological polar surface area (TPSA) is 80.3 Å². The number of nitrogens with one attached hydrogen (secondary N) is 2. The molecular formula is C22H21N3O3. The molecular weight excluding hydrogens is 354 g/mol. The van der Waals surface area contributed by atoms with E-state index < -0.39 is 5.97 Å². The van der Waals surface area contributed by atoms with Gasteiger partial charge in [-0.05, 0) is 36.8 Å². The number of carbonyl (C=O) groups excluding carboxylic acids is 2. The summed E-state index contributed by atoms with van der Waals surface area (Å²) in [5.74, 6) is -0.715. The largest absolute Gasteiger partial charge is 0.465 e. The van der Waals surface area contributed by atoms with Gasteiger partial charge in [-0.15, -0.1) is 0 Å². The van der Waals surface area contributed by atoms with E-state index in [-0.39, 0.29) is 17.6 Å². The summed E-state index contributed by atoms with van der Waals surface area (Å²) >= 11 is 0. The van der Waals surface area contributed by atoms with Crippen LogP contribution in [-0.2, 0) is 4.74 Å². The summed E-state index contributed by atoms with van der Waals surface area (Å²) in [6.07, 6.45) is 1.55. The molecule has 0 saturated carbocycles. The number of nitrogens with zero attached hydrogens (tertiary/aromatic N) is 1. The minimum atomic E-state index is -0.438. The van der Waals surface area contributed by atoms with E-state index in [1.54, 1.807) is 36.5 Å². The van der Waals surface area contributed by atoms with E-state index in [0.717, 1.165) is 5.56 Å². The summed E-state index contributed by atoms with van der Waals surface area (Å²) in [5, 5.41) is 6.09. The summed E-state index contributed by atoms with van der Waals surface area (Å²) in [5.41, 5.74) is 2.93. The molecule has 6 heteroatoms. The zero-order chi connectivity index (χ0) is 19.9. The van der Waals surface area contributed by atoms with E-state index in [2.05, 4.69) is 15.6 Å². The minimum Gasteiger partial charge on any atom is -0.465 e. The Labute approximate surface area is 163 Å². The molecule has 0 spiro atoms. The predicted molar refractivity (Wildman–Crippen MR) is 108 cm³/mol. The van der Waals surface area contributed by atoms with Crippen LogP contribution >= 0.6 is 0 Å². The first-order valence-corrected chi connectivity index (χ1v) is 8.84. The number of benzene rings is 2. The quantitative estimate of drug-likeness (QED) is 0.634. The van der Waals surface area contributed by atoms with Crippen molar-refractivity contribution in [2.24, 2.45) is 0 Å². The third-order valence-corrected chi connectivity index (χ3v) is 4.25. The maximum absolute atomic E-state index is 12.6. The Kier molecular flexibility index (Phi) is 6.01. The molecule has 1 aromatic heterocycles. The first kappa shape index (κ1) is 19.1. The molecule has 0 radical (unpaired) electrons. The SMILES string of the molecule is COC(=O)c1ccccc1Nc1ccnc(C(=O)NC(C)c2ccccc2)c1. The number of pyridine rings is 1. The van der Waals surface area contributed by atoms with Crippen LogP contribution in [0.3, 0.4) is 0 Å². The number of hydrogen-bond donors (Lipinski definition) is 2. The lowest BCUT2D eigenvalue weighted by Crippen LogP contribution is -2.27. The Morgan fingerprint density at radius 1 is 1.00 bits per heavy atom. The second kappa shape index (κ2) is 8.81. The number of aromatic nitrogens is 1. The molecule has 1 unspecified atom stereocenters. The number of rotatable bonds is 6. The molecule has 0 fully saturated rings. The standard InChI is InChI=1S/C22H21N3O3/c1-15(16-8-4-3-5-9-16)24-21(26)20-14-17(12-13-23-20)25-19-11-7-6-10-18(19)22(27)28-2/h3-15H,1-2H3,(H,23,25)(H,24,26). The monoisotopic (exact) mass is 375 g/mol. The molecule has 6 nitrogen and oxygen atoms in total. The van der Waals surface area contributed by atoms with Crippen LogP contribution in [0.15, 0.2) is 72.9 Å². The second-order valence-electron chi connectivity index (χ2n) is 6.20. The summed E-state index contributed by atoms with van der Waals surface area (Å²) in [6, 6.07) is 19.9. The van der Waals surface area contributed by atoms with Gasteiger partial charge in [0.25, 0.3) is 5.91 Å². The van der Waals surface area contributed by atoms with Crippen molar-refractivity contribution in [1.29, 1.82) is 0 Å². The molecule has 0 saturated heterocycles. The van der Waals surface area contributed by atoms with Crippen molar-refractivity contribution >= 4 is 23.3 Å². The lowest BCUT2D eigenvalue weighted by molar-refractivity contribution is 0.0601. The predicted octanol–water partition coefficient (Wildman–Crippen LogP) is 4.10. The van der Waals surface area contributed by atoms with Crippen LogP contribution < -0.4 is 10.6 Å². The number of hydrogen-bond acceptors (Lipinski definition) is 5. The number of amides is 1. The van der Waals surface area contributed by atoms with Gasteiger partial charge >= 0.3 is 5.97 Å². The van der Waals surface area contributed by atoms with Gasteiger partial charge in [-0.3, -0.25) is 9.78 Å².